The number of imidazole rings is 1. The van der Waals surface area contributed by atoms with Crippen LogP contribution >= 0.6 is 0 Å². The predicted molar refractivity (Wildman–Crippen MR) is 51.4 cm³/mol. The largest absolute Gasteiger partial charge is 0.347 e. The molecule has 1 atom stereocenters. The van der Waals surface area contributed by atoms with Gasteiger partial charge in [-0.1, -0.05) is 0 Å². The minimum absolute atomic E-state index is 0.00486. The van der Waals surface area contributed by atoms with E-state index in [0.717, 1.165) is 24.4 Å². The van der Waals surface area contributed by atoms with Crippen molar-refractivity contribution in [1.82, 2.24) is 14.9 Å². The van der Waals surface area contributed by atoms with Crippen LogP contribution in [0.1, 0.15) is 18.3 Å². The molecule has 1 aliphatic rings. The minimum atomic E-state index is -0.417. The van der Waals surface area contributed by atoms with Crippen molar-refractivity contribution >= 4 is 5.91 Å². The van der Waals surface area contributed by atoms with Crippen LogP contribution in [0.15, 0.2) is 6.33 Å². The Morgan fingerprint density at radius 2 is 2.57 bits per heavy atom. The molecule has 0 spiro atoms. The van der Waals surface area contributed by atoms with Gasteiger partial charge in [-0.15, -0.1) is 0 Å². The first-order valence-corrected chi connectivity index (χ1v) is 4.74. The van der Waals surface area contributed by atoms with Gasteiger partial charge in [-0.25, -0.2) is 4.98 Å². The van der Waals surface area contributed by atoms with Gasteiger partial charge in [0, 0.05) is 13.0 Å². The highest BCUT2D eigenvalue weighted by atomic mass is 16.2. The summed E-state index contributed by atoms with van der Waals surface area (Å²) in [6, 6.07) is -0.417. The van der Waals surface area contributed by atoms with E-state index in [0.29, 0.717) is 6.54 Å². The molecular formula is C9H14N4O. The minimum Gasteiger partial charge on any atom is -0.347 e. The van der Waals surface area contributed by atoms with Crippen molar-refractivity contribution in [3.05, 3.63) is 17.7 Å². The number of carbonyl (C=O) groups excluding carboxylic acids is 1. The van der Waals surface area contributed by atoms with E-state index in [2.05, 4.69) is 9.97 Å². The molecule has 1 aliphatic heterocycles. The molecule has 0 bridgehead atoms. The first-order valence-electron chi connectivity index (χ1n) is 4.74. The normalized spacial score (nSPS) is 17.7. The maximum absolute atomic E-state index is 11.6. The summed E-state index contributed by atoms with van der Waals surface area (Å²) in [6.45, 7) is 3.04. The number of hydrogen-bond acceptors (Lipinski definition) is 3. The molecule has 2 heterocycles. The van der Waals surface area contributed by atoms with Gasteiger partial charge in [-0.05, 0) is 6.92 Å². The summed E-state index contributed by atoms with van der Waals surface area (Å²) >= 11 is 0. The first kappa shape index (κ1) is 9.21. The van der Waals surface area contributed by atoms with E-state index >= 15 is 0 Å². The monoisotopic (exact) mass is 194 g/mol. The molecule has 0 saturated carbocycles. The number of fused-ring (bicyclic) bond motifs is 1. The van der Waals surface area contributed by atoms with Gasteiger partial charge in [0.2, 0.25) is 5.91 Å². The van der Waals surface area contributed by atoms with Gasteiger partial charge in [0.15, 0.2) is 0 Å². The molecule has 14 heavy (non-hydrogen) atoms. The Hall–Kier alpha value is -1.36. The number of nitrogens with one attached hydrogen (secondary N) is 1. The molecule has 1 aromatic heterocycles. The third kappa shape index (κ3) is 1.50. The topological polar surface area (TPSA) is 75.0 Å². The molecule has 2 rings (SSSR count). The second-order valence-corrected chi connectivity index (χ2v) is 3.63. The lowest BCUT2D eigenvalue weighted by molar-refractivity contribution is -0.133. The van der Waals surface area contributed by atoms with Gasteiger partial charge < -0.3 is 15.6 Å². The summed E-state index contributed by atoms with van der Waals surface area (Å²) in [7, 11) is 0. The van der Waals surface area contributed by atoms with Crippen molar-refractivity contribution in [3.8, 4) is 0 Å². The Labute approximate surface area is 82.3 Å². The van der Waals surface area contributed by atoms with E-state index in [9.17, 15) is 4.79 Å². The quantitative estimate of drug-likeness (QED) is 0.641. The Kier molecular flexibility index (Phi) is 2.25. The molecule has 76 valence electrons. The maximum Gasteiger partial charge on any atom is 0.239 e. The molecule has 0 unspecified atom stereocenters. The zero-order valence-corrected chi connectivity index (χ0v) is 8.16. The van der Waals surface area contributed by atoms with Crippen molar-refractivity contribution in [3.63, 3.8) is 0 Å². The number of aromatic nitrogens is 2. The van der Waals surface area contributed by atoms with Crippen LogP contribution in [-0.4, -0.2) is 33.4 Å². The van der Waals surface area contributed by atoms with E-state index in [1.165, 1.54) is 0 Å². The first-order chi connectivity index (χ1) is 6.68. The number of carbonyl (C=O) groups is 1. The number of rotatable bonds is 1. The molecule has 1 aromatic rings. The van der Waals surface area contributed by atoms with Crippen LogP contribution in [-0.2, 0) is 17.8 Å². The summed E-state index contributed by atoms with van der Waals surface area (Å²) in [5.74, 6) is 0.00486. The molecule has 5 nitrogen and oxygen atoms in total. The summed E-state index contributed by atoms with van der Waals surface area (Å²) < 4.78 is 0. The third-order valence-corrected chi connectivity index (χ3v) is 2.48. The fourth-order valence-electron chi connectivity index (χ4n) is 1.69. The Bertz CT molecular complexity index is 344. The van der Waals surface area contributed by atoms with Crippen molar-refractivity contribution < 1.29 is 4.79 Å². The zero-order valence-electron chi connectivity index (χ0n) is 8.16. The van der Waals surface area contributed by atoms with E-state index in [-0.39, 0.29) is 5.91 Å². The zero-order chi connectivity index (χ0) is 10.1. The van der Waals surface area contributed by atoms with Crippen LogP contribution in [0.4, 0.5) is 0 Å². The Balaban J connectivity index is 2.11. The van der Waals surface area contributed by atoms with Crippen molar-refractivity contribution in [2.45, 2.75) is 25.9 Å². The average Bonchev–Trinajstić information content (AvgIpc) is 2.62. The van der Waals surface area contributed by atoms with E-state index < -0.39 is 6.04 Å². The Morgan fingerprint density at radius 1 is 1.79 bits per heavy atom. The number of H-pyrrole nitrogens is 1. The third-order valence-electron chi connectivity index (χ3n) is 2.48. The average molecular weight is 194 g/mol. The van der Waals surface area contributed by atoms with Gasteiger partial charge in [-0.3, -0.25) is 4.79 Å². The lowest BCUT2D eigenvalue weighted by Gasteiger charge is -2.27. The molecule has 0 fully saturated rings. The molecular weight excluding hydrogens is 180 g/mol. The summed E-state index contributed by atoms with van der Waals surface area (Å²) in [5.41, 5.74) is 7.65. The predicted octanol–water partition coefficient (Wildman–Crippen LogP) is -0.358. The molecule has 0 aromatic carbocycles. The van der Waals surface area contributed by atoms with E-state index in [4.69, 9.17) is 5.73 Å². The molecule has 0 aliphatic carbocycles. The second kappa shape index (κ2) is 3.42. The van der Waals surface area contributed by atoms with Crippen LogP contribution in [0, 0.1) is 0 Å². The molecule has 5 heteroatoms. The van der Waals surface area contributed by atoms with Gasteiger partial charge in [0.25, 0.3) is 0 Å². The second-order valence-electron chi connectivity index (χ2n) is 3.63. The highest BCUT2D eigenvalue weighted by Gasteiger charge is 2.23. The number of nitrogens with zero attached hydrogens (tertiary/aromatic N) is 2. The lowest BCUT2D eigenvalue weighted by Crippen LogP contribution is -2.44. The fraction of sp³-hybridized carbons (Fsp3) is 0.556. The SMILES string of the molecule is C[C@@H](N)C(=O)N1CCc2nc[nH]c2C1. The van der Waals surface area contributed by atoms with Crippen LogP contribution in [0.25, 0.3) is 0 Å². The van der Waals surface area contributed by atoms with Gasteiger partial charge in [0.1, 0.15) is 0 Å². The number of amides is 1. The Morgan fingerprint density at radius 3 is 3.29 bits per heavy atom. The highest BCUT2D eigenvalue weighted by molar-refractivity contribution is 5.81. The van der Waals surface area contributed by atoms with Crippen molar-refractivity contribution in [1.29, 1.82) is 0 Å². The fourth-order valence-corrected chi connectivity index (χ4v) is 1.69. The molecule has 3 N–H and O–H groups in total. The van der Waals surface area contributed by atoms with Gasteiger partial charge >= 0.3 is 0 Å². The van der Waals surface area contributed by atoms with Gasteiger partial charge in [-0.2, -0.15) is 0 Å². The van der Waals surface area contributed by atoms with E-state index in [1.54, 1.807) is 18.2 Å². The van der Waals surface area contributed by atoms with Crippen molar-refractivity contribution in [2.24, 2.45) is 5.73 Å². The number of aromatic amines is 1. The molecule has 0 saturated heterocycles. The van der Waals surface area contributed by atoms with Crippen molar-refractivity contribution in [2.75, 3.05) is 6.54 Å². The highest BCUT2D eigenvalue weighted by Crippen LogP contribution is 2.14. The number of nitrogens with two attached hydrogens (primary N) is 1. The lowest BCUT2D eigenvalue weighted by atomic mass is 10.1. The summed E-state index contributed by atoms with van der Waals surface area (Å²) in [6.07, 6.45) is 2.49. The maximum atomic E-state index is 11.6. The summed E-state index contributed by atoms with van der Waals surface area (Å²) in [5, 5.41) is 0. The smallest absolute Gasteiger partial charge is 0.239 e. The number of hydrogen-bond donors (Lipinski definition) is 2. The molecule has 1 amide bonds. The van der Waals surface area contributed by atoms with Crippen LogP contribution in [0.5, 0.6) is 0 Å². The molecule has 0 radical (unpaired) electrons. The van der Waals surface area contributed by atoms with Crippen LogP contribution < -0.4 is 5.73 Å². The summed E-state index contributed by atoms with van der Waals surface area (Å²) in [4.78, 5) is 20.6. The van der Waals surface area contributed by atoms with Crippen LogP contribution in [0.3, 0.4) is 0 Å². The van der Waals surface area contributed by atoms with E-state index in [1.807, 2.05) is 0 Å². The standard InChI is InChI=1S/C9H14N4O/c1-6(10)9(14)13-3-2-7-8(4-13)12-5-11-7/h5-6H,2-4,10H2,1H3,(H,11,12)/t6-/m1/s1. The van der Waals surface area contributed by atoms with Gasteiger partial charge in [0.05, 0.1) is 30.3 Å². The van der Waals surface area contributed by atoms with Crippen LogP contribution in [0.2, 0.25) is 0 Å².